The third-order valence-electron chi connectivity index (χ3n) is 4.30. The molecular weight excluding hydrogens is 266 g/mol. The molecule has 2 atom stereocenters. The van der Waals surface area contributed by atoms with E-state index in [1.165, 1.54) is 25.7 Å². The van der Waals surface area contributed by atoms with E-state index < -0.39 is 11.9 Å². The Kier molecular flexibility index (Phi) is 8.40. The minimum Gasteiger partial charge on any atom is -0.481 e. The molecule has 0 unspecified atom stereocenters. The fraction of sp³-hybridized carbons (Fsp3) is 0.882. The Hall–Kier alpha value is -1.06. The zero-order chi connectivity index (χ0) is 15.7. The minimum absolute atomic E-state index is 0.0791. The molecule has 0 aromatic heterocycles. The monoisotopic (exact) mass is 297 g/mol. The zero-order valence-electron chi connectivity index (χ0n) is 13.6. The fourth-order valence-electron chi connectivity index (χ4n) is 2.77. The highest BCUT2D eigenvalue weighted by molar-refractivity contribution is 5.89. The highest BCUT2D eigenvalue weighted by Crippen LogP contribution is 2.40. The van der Waals surface area contributed by atoms with Crippen LogP contribution in [0.3, 0.4) is 0 Å². The molecule has 4 nitrogen and oxygen atoms in total. The molecule has 0 bridgehead atoms. The minimum atomic E-state index is -0.815. The molecule has 1 aliphatic rings. The second-order valence-corrected chi connectivity index (χ2v) is 6.23. The number of carboxylic acids is 1. The van der Waals surface area contributed by atoms with Gasteiger partial charge in [-0.2, -0.15) is 0 Å². The molecule has 1 amide bonds. The lowest BCUT2D eigenvalue weighted by Gasteiger charge is -2.23. The van der Waals surface area contributed by atoms with E-state index in [4.69, 9.17) is 5.11 Å². The Balaban J connectivity index is 2.38. The van der Waals surface area contributed by atoms with Crippen molar-refractivity contribution in [3.8, 4) is 0 Å². The molecule has 0 aliphatic heterocycles. The first kappa shape index (κ1) is 18.0. The number of hydrogen-bond donors (Lipinski definition) is 1. The Bertz CT molecular complexity index is 318. The van der Waals surface area contributed by atoms with Gasteiger partial charge in [-0.25, -0.2) is 0 Å². The van der Waals surface area contributed by atoms with E-state index in [1.807, 2.05) is 4.90 Å². The Morgan fingerprint density at radius 2 is 1.43 bits per heavy atom. The van der Waals surface area contributed by atoms with Gasteiger partial charge in [0.25, 0.3) is 0 Å². The molecule has 1 aliphatic carbocycles. The Morgan fingerprint density at radius 1 is 0.905 bits per heavy atom. The van der Waals surface area contributed by atoms with Crippen LogP contribution in [0.4, 0.5) is 0 Å². The number of nitrogens with zero attached hydrogens (tertiary/aromatic N) is 1. The summed E-state index contributed by atoms with van der Waals surface area (Å²) in [5, 5.41) is 8.98. The predicted octanol–water partition coefficient (Wildman–Crippen LogP) is 3.70. The van der Waals surface area contributed by atoms with Crippen LogP contribution in [0.5, 0.6) is 0 Å². The first-order valence-corrected chi connectivity index (χ1v) is 8.63. The van der Waals surface area contributed by atoms with Crippen molar-refractivity contribution < 1.29 is 14.7 Å². The number of carboxylic acid groups (broad SMARTS) is 1. The summed E-state index contributed by atoms with van der Waals surface area (Å²) in [6.07, 6.45) is 9.72. The van der Waals surface area contributed by atoms with Crippen molar-refractivity contribution in [2.24, 2.45) is 11.8 Å². The smallest absolute Gasteiger partial charge is 0.307 e. The summed E-state index contributed by atoms with van der Waals surface area (Å²) >= 11 is 0. The summed E-state index contributed by atoms with van der Waals surface area (Å²) in [5.74, 6) is -1.41. The van der Waals surface area contributed by atoms with Crippen LogP contribution < -0.4 is 0 Å². The molecule has 0 spiro atoms. The van der Waals surface area contributed by atoms with E-state index >= 15 is 0 Å². The summed E-state index contributed by atoms with van der Waals surface area (Å²) in [6, 6.07) is 0. The second kappa shape index (κ2) is 9.80. The molecule has 21 heavy (non-hydrogen) atoms. The maximum absolute atomic E-state index is 12.4. The van der Waals surface area contributed by atoms with Crippen LogP contribution in [0, 0.1) is 11.8 Å². The average molecular weight is 297 g/mol. The van der Waals surface area contributed by atoms with Crippen molar-refractivity contribution in [2.75, 3.05) is 13.1 Å². The number of unbranched alkanes of at least 4 members (excludes halogenated alkanes) is 6. The lowest BCUT2D eigenvalue weighted by atomic mass is 10.1. The molecule has 1 rings (SSSR count). The molecular formula is C17H31NO3. The van der Waals surface area contributed by atoms with Gasteiger partial charge in [0.15, 0.2) is 0 Å². The summed E-state index contributed by atoms with van der Waals surface area (Å²) in [6.45, 7) is 5.95. The molecule has 0 aromatic carbocycles. The van der Waals surface area contributed by atoms with E-state index in [0.29, 0.717) is 6.42 Å². The zero-order valence-corrected chi connectivity index (χ0v) is 13.6. The third kappa shape index (κ3) is 6.49. The van der Waals surface area contributed by atoms with Gasteiger partial charge in [0.1, 0.15) is 0 Å². The maximum atomic E-state index is 12.4. The second-order valence-electron chi connectivity index (χ2n) is 6.23. The molecule has 0 saturated heterocycles. The molecule has 1 N–H and O–H groups in total. The van der Waals surface area contributed by atoms with Crippen LogP contribution in [0.2, 0.25) is 0 Å². The van der Waals surface area contributed by atoms with Gasteiger partial charge in [-0.3, -0.25) is 9.59 Å². The van der Waals surface area contributed by atoms with Crippen LogP contribution in [0.15, 0.2) is 0 Å². The normalized spacial score (nSPS) is 20.3. The van der Waals surface area contributed by atoms with Crippen molar-refractivity contribution in [3.63, 3.8) is 0 Å². The molecule has 0 heterocycles. The van der Waals surface area contributed by atoms with Crippen LogP contribution in [-0.2, 0) is 9.59 Å². The largest absolute Gasteiger partial charge is 0.481 e. The number of amides is 1. The van der Waals surface area contributed by atoms with Gasteiger partial charge in [0.2, 0.25) is 5.91 Å². The Labute approximate surface area is 128 Å². The van der Waals surface area contributed by atoms with E-state index in [1.54, 1.807) is 0 Å². The number of hydrogen-bond acceptors (Lipinski definition) is 2. The van der Waals surface area contributed by atoms with Gasteiger partial charge in [-0.15, -0.1) is 0 Å². The fourth-order valence-corrected chi connectivity index (χ4v) is 2.77. The van der Waals surface area contributed by atoms with Gasteiger partial charge in [0.05, 0.1) is 11.8 Å². The third-order valence-corrected chi connectivity index (χ3v) is 4.30. The highest BCUT2D eigenvalue weighted by atomic mass is 16.4. The summed E-state index contributed by atoms with van der Waals surface area (Å²) < 4.78 is 0. The van der Waals surface area contributed by atoms with Gasteiger partial charge in [0, 0.05) is 13.1 Å². The number of carbonyl (C=O) groups excluding carboxylic acids is 1. The summed E-state index contributed by atoms with van der Waals surface area (Å²) in [4.78, 5) is 25.3. The Morgan fingerprint density at radius 3 is 1.81 bits per heavy atom. The van der Waals surface area contributed by atoms with Crippen LogP contribution in [0.1, 0.15) is 71.6 Å². The lowest BCUT2D eigenvalue weighted by Crippen LogP contribution is -2.35. The molecule has 0 aromatic rings. The quantitative estimate of drug-likeness (QED) is 0.559. The van der Waals surface area contributed by atoms with E-state index in [0.717, 1.165) is 38.8 Å². The summed E-state index contributed by atoms with van der Waals surface area (Å²) in [7, 11) is 0. The van der Waals surface area contributed by atoms with Gasteiger partial charge in [-0.1, -0.05) is 52.4 Å². The van der Waals surface area contributed by atoms with Gasteiger partial charge < -0.3 is 10.0 Å². The van der Waals surface area contributed by atoms with Gasteiger partial charge in [-0.05, 0) is 19.3 Å². The van der Waals surface area contributed by atoms with Crippen molar-refractivity contribution >= 4 is 11.9 Å². The molecule has 1 fully saturated rings. The van der Waals surface area contributed by atoms with Crippen molar-refractivity contribution in [2.45, 2.75) is 71.6 Å². The first-order valence-electron chi connectivity index (χ1n) is 8.63. The molecule has 4 heteroatoms. The lowest BCUT2D eigenvalue weighted by molar-refractivity contribution is -0.142. The highest BCUT2D eigenvalue weighted by Gasteiger charge is 2.49. The van der Waals surface area contributed by atoms with E-state index in [2.05, 4.69) is 13.8 Å². The van der Waals surface area contributed by atoms with Crippen LogP contribution >= 0.6 is 0 Å². The van der Waals surface area contributed by atoms with Crippen molar-refractivity contribution in [1.82, 2.24) is 4.90 Å². The maximum Gasteiger partial charge on any atom is 0.307 e. The van der Waals surface area contributed by atoms with E-state index in [9.17, 15) is 9.59 Å². The predicted molar refractivity (Wildman–Crippen MR) is 84.1 cm³/mol. The number of aliphatic carboxylic acids is 1. The number of carbonyl (C=O) groups is 2. The first-order chi connectivity index (χ1) is 10.1. The van der Waals surface area contributed by atoms with Gasteiger partial charge >= 0.3 is 5.97 Å². The summed E-state index contributed by atoms with van der Waals surface area (Å²) in [5.41, 5.74) is 0. The molecule has 1 saturated carbocycles. The van der Waals surface area contributed by atoms with E-state index in [-0.39, 0.29) is 11.8 Å². The molecule has 0 radical (unpaired) electrons. The SMILES string of the molecule is CCCCCCN(CCCCCC)C(=O)[C@@H]1C[C@@H]1C(=O)O. The molecule has 122 valence electrons. The average Bonchev–Trinajstić information content (AvgIpc) is 3.25. The topological polar surface area (TPSA) is 57.6 Å². The van der Waals surface area contributed by atoms with Crippen molar-refractivity contribution in [3.05, 3.63) is 0 Å². The number of rotatable bonds is 12. The van der Waals surface area contributed by atoms with Crippen LogP contribution in [0.25, 0.3) is 0 Å². The van der Waals surface area contributed by atoms with Crippen molar-refractivity contribution in [1.29, 1.82) is 0 Å². The van der Waals surface area contributed by atoms with Crippen LogP contribution in [-0.4, -0.2) is 35.0 Å². The standard InChI is InChI=1S/C17H31NO3/c1-3-5-7-9-11-18(12-10-8-6-4-2)16(19)14-13-15(14)17(20)21/h14-15H,3-13H2,1-2H3,(H,20,21)/t14-,15+/m1/s1.